The lowest BCUT2D eigenvalue weighted by atomic mass is 10.0. The summed E-state index contributed by atoms with van der Waals surface area (Å²) in [6, 6.07) is 16.6. The third kappa shape index (κ3) is 5.08. The molecule has 0 radical (unpaired) electrons. The van der Waals surface area contributed by atoms with Gasteiger partial charge in [0, 0.05) is 33.1 Å². The quantitative estimate of drug-likeness (QED) is 0.877. The van der Waals surface area contributed by atoms with Crippen molar-refractivity contribution >= 4 is 11.8 Å². The number of hydrogen-bond donors (Lipinski definition) is 1. The van der Waals surface area contributed by atoms with E-state index in [1.807, 2.05) is 54.6 Å². The van der Waals surface area contributed by atoms with Gasteiger partial charge in [0.15, 0.2) is 0 Å². The molecule has 1 aliphatic heterocycles. The van der Waals surface area contributed by atoms with Gasteiger partial charge in [-0.15, -0.1) is 0 Å². The van der Waals surface area contributed by atoms with Gasteiger partial charge in [-0.25, -0.2) is 0 Å². The number of nitrogens with two attached hydrogens (primary N) is 1. The largest absolute Gasteiger partial charge is 0.457 e. The highest BCUT2D eigenvalue weighted by Crippen LogP contribution is 2.21. The van der Waals surface area contributed by atoms with Gasteiger partial charge in [0.05, 0.1) is 6.04 Å². The summed E-state index contributed by atoms with van der Waals surface area (Å²) in [6.07, 6.45) is 0.470. The Labute approximate surface area is 159 Å². The van der Waals surface area contributed by atoms with Gasteiger partial charge in [0.1, 0.15) is 11.5 Å². The van der Waals surface area contributed by atoms with Crippen LogP contribution in [0.3, 0.4) is 0 Å². The molecule has 6 heteroatoms. The van der Waals surface area contributed by atoms with Crippen molar-refractivity contribution in [1.82, 2.24) is 9.80 Å². The Bertz CT molecular complexity index is 769. The standard InChI is InChI=1S/C21H25N3O3/c1-16(25)23-11-13-24(14-12-23)21(26)20(22)15-17-7-9-19(10-8-17)27-18-5-3-2-4-6-18/h2-10,20H,11-15,22H2,1H3. The van der Waals surface area contributed by atoms with Crippen molar-refractivity contribution < 1.29 is 14.3 Å². The van der Waals surface area contributed by atoms with Crippen LogP contribution in [0.25, 0.3) is 0 Å². The summed E-state index contributed by atoms with van der Waals surface area (Å²) in [7, 11) is 0. The average molecular weight is 367 g/mol. The Hall–Kier alpha value is -2.86. The van der Waals surface area contributed by atoms with Crippen LogP contribution in [0.2, 0.25) is 0 Å². The predicted molar refractivity (Wildman–Crippen MR) is 103 cm³/mol. The first-order valence-corrected chi connectivity index (χ1v) is 9.14. The molecule has 1 saturated heterocycles. The van der Waals surface area contributed by atoms with Crippen molar-refractivity contribution in [2.75, 3.05) is 26.2 Å². The molecular formula is C21H25N3O3. The van der Waals surface area contributed by atoms with Crippen LogP contribution in [-0.4, -0.2) is 53.8 Å². The molecule has 0 aromatic heterocycles. The summed E-state index contributed by atoms with van der Waals surface area (Å²) in [6.45, 7) is 3.76. The van der Waals surface area contributed by atoms with Gasteiger partial charge in [-0.3, -0.25) is 9.59 Å². The van der Waals surface area contributed by atoms with Crippen LogP contribution >= 0.6 is 0 Å². The van der Waals surface area contributed by atoms with E-state index >= 15 is 0 Å². The summed E-state index contributed by atoms with van der Waals surface area (Å²) >= 11 is 0. The number of para-hydroxylation sites is 1. The molecule has 0 aliphatic carbocycles. The van der Waals surface area contributed by atoms with Crippen LogP contribution in [0.15, 0.2) is 54.6 Å². The van der Waals surface area contributed by atoms with Gasteiger partial charge in [-0.05, 0) is 36.2 Å². The van der Waals surface area contributed by atoms with Crippen LogP contribution < -0.4 is 10.5 Å². The molecule has 142 valence electrons. The average Bonchev–Trinajstić information content (AvgIpc) is 2.69. The Balaban J connectivity index is 1.52. The third-order valence-electron chi connectivity index (χ3n) is 4.71. The van der Waals surface area contributed by atoms with E-state index in [4.69, 9.17) is 10.5 Å². The number of carbonyl (C=O) groups excluding carboxylic acids is 2. The molecule has 2 N–H and O–H groups in total. The second kappa shape index (κ2) is 8.68. The zero-order chi connectivity index (χ0) is 19.2. The van der Waals surface area contributed by atoms with Gasteiger partial charge in [-0.1, -0.05) is 30.3 Å². The van der Waals surface area contributed by atoms with Gasteiger partial charge in [0.25, 0.3) is 0 Å². The molecule has 1 heterocycles. The predicted octanol–water partition coefficient (Wildman–Crippen LogP) is 2.04. The van der Waals surface area contributed by atoms with Crippen LogP contribution in [0, 0.1) is 0 Å². The second-order valence-corrected chi connectivity index (χ2v) is 6.70. The first-order chi connectivity index (χ1) is 13.0. The fraction of sp³-hybridized carbons (Fsp3) is 0.333. The van der Waals surface area contributed by atoms with Gasteiger partial charge >= 0.3 is 0 Å². The molecule has 6 nitrogen and oxygen atoms in total. The Kier molecular flexibility index (Phi) is 6.08. The SMILES string of the molecule is CC(=O)N1CCN(C(=O)C(N)Cc2ccc(Oc3ccccc3)cc2)CC1. The van der Waals surface area contributed by atoms with E-state index in [-0.39, 0.29) is 11.8 Å². The number of nitrogens with zero attached hydrogens (tertiary/aromatic N) is 2. The lowest BCUT2D eigenvalue weighted by Gasteiger charge is -2.35. The molecule has 2 aromatic carbocycles. The maximum atomic E-state index is 12.6. The lowest BCUT2D eigenvalue weighted by Crippen LogP contribution is -2.54. The minimum atomic E-state index is -0.588. The smallest absolute Gasteiger partial charge is 0.239 e. The number of rotatable bonds is 5. The van der Waals surface area contributed by atoms with Crippen LogP contribution in [-0.2, 0) is 16.0 Å². The minimum Gasteiger partial charge on any atom is -0.457 e. The van der Waals surface area contributed by atoms with E-state index in [1.54, 1.807) is 16.7 Å². The fourth-order valence-corrected chi connectivity index (χ4v) is 3.14. The molecule has 0 saturated carbocycles. The second-order valence-electron chi connectivity index (χ2n) is 6.70. The summed E-state index contributed by atoms with van der Waals surface area (Å²) in [5, 5.41) is 0. The summed E-state index contributed by atoms with van der Waals surface area (Å²) in [4.78, 5) is 27.4. The molecule has 0 bridgehead atoms. The molecule has 0 spiro atoms. The molecule has 3 rings (SSSR count). The monoisotopic (exact) mass is 367 g/mol. The number of carbonyl (C=O) groups is 2. The maximum Gasteiger partial charge on any atom is 0.239 e. The van der Waals surface area contributed by atoms with E-state index in [2.05, 4.69) is 0 Å². The fourth-order valence-electron chi connectivity index (χ4n) is 3.14. The number of piperazine rings is 1. The number of ether oxygens (including phenoxy) is 1. The highest BCUT2D eigenvalue weighted by Gasteiger charge is 2.26. The highest BCUT2D eigenvalue weighted by molar-refractivity contribution is 5.82. The molecule has 2 aromatic rings. The van der Waals surface area contributed by atoms with Crippen molar-refractivity contribution in [3.05, 3.63) is 60.2 Å². The summed E-state index contributed by atoms with van der Waals surface area (Å²) in [5.41, 5.74) is 7.12. The molecule has 1 unspecified atom stereocenters. The first-order valence-electron chi connectivity index (χ1n) is 9.14. The Morgan fingerprint density at radius 2 is 1.48 bits per heavy atom. The lowest BCUT2D eigenvalue weighted by molar-refractivity contribution is -0.139. The van der Waals surface area contributed by atoms with Gasteiger partial charge in [-0.2, -0.15) is 0 Å². The van der Waals surface area contributed by atoms with Crippen LogP contribution in [0.5, 0.6) is 11.5 Å². The minimum absolute atomic E-state index is 0.0456. The van der Waals surface area contributed by atoms with Crippen LogP contribution in [0.4, 0.5) is 0 Å². The molecule has 27 heavy (non-hydrogen) atoms. The summed E-state index contributed by atoms with van der Waals surface area (Å²) < 4.78 is 5.77. The Morgan fingerprint density at radius 3 is 2.07 bits per heavy atom. The maximum absolute atomic E-state index is 12.6. The zero-order valence-corrected chi connectivity index (χ0v) is 15.5. The van der Waals surface area contributed by atoms with Crippen molar-refractivity contribution in [2.24, 2.45) is 5.73 Å². The van der Waals surface area contributed by atoms with E-state index in [9.17, 15) is 9.59 Å². The normalized spacial score (nSPS) is 15.3. The highest BCUT2D eigenvalue weighted by atomic mass is 16.5. The Morgan fingerprint density at radius 1 is 0.926 bits per heavy atom. The van der Waals surface area contributed by atoms with Crippen LogP contribution in [0.1, 0.15) is 12.5 Å². The van der Waals surface area contributed by atoms with E-state index in [0.717, 1.165) is 17.1 Å². The molecule has 1 atom stereocenters. The number of hydrogen-bond acceptors (Lipinski definition) is 4. The van der Waals surface area contributed by atoms with E-state index in [0.29, 0.717) is 32.6 Å². The summed E-state index contributed by atoms with van der Waals surface area (Å²) in [5.74, 6) is 1.50. The van der Waals surface area contributed by atoms with E-state index < -0.39 is 6.04 Å². The van der Waals surface area contributed by atoms with Gasteiger partial charge < -0.3 is 20.3 Å². The van der Waals surface area contributed by atoms with Crippen molar-refractivity contribution in [3.8, 4) is 11.5 Å². The van der Waals surface area contributed by atoms with Crippen molar-refractivity contribution in [2.45, 2.75) is 19.4 Å². The van der Waals surface area contributed by atoms with Crippen molar-refractivity contribution in [3.63, 3.8) is 0 Å². The van der Waals surface area contributed by atoms with Gasteiger partial charge in [0.2, 0.25) is 11.8 Å². The zero-order valence-electron chi connectivity index (χ0n) is 15.5. The van der Waals surface area contributed by atoms with Crippen molar-refractivity contribution in [1.29, 1.82) is 0 Å². The number of benzene rings is 2. The molecule has 1 aliphatic rings. The first kappa shape index (κ1) is 18.9. The number of amides is 2. The topological polar surface area (TPSA) is 75.9 Å². The third-order valence-corrected chi connectivity index (χ3v) is 4.71. The molecular weight excluding hydrogens is 342 g/mol. The molecule has 1 fully saturated rings. The molecule has 2 amide bonds. The van der Waals surface area contributed by atoms with E-state index in [1.165, 1.54) is 0 Å².